The Kier molecular flexibility index (Phi) is 9.35. The predicted octanol–water partition coefficient (Wildman–Crippen LogP) is 1.67. The van der Waals surface area contributed by atoms with Gasteiger partial charge in [0.05, 0.1) is 13.2 Å². The summed E-state index contributed by atoms with van der Waals surface area (Å²) in [5.74, 6) is 0.554. The van der Waals surface area contributed by atoms with Crippen molar-refractivity contribution < 1.29 is 9.47 Å². The van der Waals surface area contributed by atoms with E-state index in [1.807, 2.05) is 0 Å². The minimum atomic E-state index is 0.488. The lowest BCUT2D eigenvalue weighted by atomic mass is 10.1. The van der Waals surface area contributed by atoms with E-state index in [0.717, 1.165) is 32.8 Å². The molecule has 0 fully saturated rings. The number of hydrogen-bond acceptors (Lipinski definition) is 3. The first-order chi connectivity index (χ1) is 6.72. The van der Waals surface area contributed by atoms with Gasteiger partial charge in [-0.25, -0.2) is 0 Å². The number of nitrogens with one attached hydrogen (secondary N) is 1. The minimum absolute atomic E-state index is 0.488. The maximum absolute atomic E-state index is 5.50. The summed E-state index contributed by atoms with van der Waals surface area (Å²) in [7, 11) is 1.72. The molecule has 0 aliphatic carbocycles. The second-order valence-corrected chi connectivity index (χ2v) is 3.79. The molecule has 0 bridgehead atoms. The maximum atomic E-state index is 5.50. The van der Waals surface area contributed by atoms with E-state index in [2.05, 4.69) is 26.1 Å². The third kappa shape index (κ3) is 7.30. The van der Waals surface area contributed by atoms with Crippen molar-refractivity contribution in [3.05, 3.63) is 0 Å². The van der Waals surface area contributed by atoms with Crippen molar-refractivity contribution in [2.75, 3.05) is 33.5 Å². The summed E-state index contributed by atoms with van der Waals surface area (Å²) in [6.07, 6.45) is 1.10. The lowest BCUT2D eigenvalue weighted by molar-refractivity contribution is 0.0920. The molecule has 14 heavy (non-hydrogen) atoms. The van der Waals surface area contributed by atoms with Gasteiger partial charge < -0.3 is 14.8 Å². The van der Waals surface area contributed by atoms with Crippen LogP contribution in [0.3, 0.4) is 0 Å². The highest BCUT2D eigenvalue weighted by Crippen LogP contribution is 2.02. The van der Waals surface area contributed by atoms with Crippen molar-refractivity contribution in [3.8, 4) is 0 Å². The SMILES string of the molecule is CCCOCC(C)C(C)NCCOC. The predicted molar refractivity (Wildman–Crippen MR) is 59.6 cm³/mol. The van der Waals surface area contributed by atoms with Crippen LogP contribution in [0.15, 0.2) is 0 Å². The summed E-state index contributed by atoms with van der Waals surface area (Å²) in [4.78, 5) is 0. The molecule has 0 aromatic rings. The molecule has 1 N–H and O–H groups in total. The van der Waals surface area contributed by atoms with Crippen molar-refractivity contribution in [1.82, 2.24) is 5.32 Å². The van der Waals surface area contributed by atoms with Crippen LogP contribution in [0.1, 0.15) is 27.2 Å². The van der Waals surface area contributed by atoms with Gasteiger partial charge in [0.25, 0.3) is 0 Å². The van der Waals surface area contributed by atoms with Gasteiger partial charge in [-0.1, -0.05) is 13.8 Å². The first-order valence-electron chi connectivity index (χ1n) is 5.52. The highest BCUT2D eigenvalue weighted by molar-refractivity contribution is 4.67. The van der Waals surface area contributed by atoms with E-state index >= 15 is 0 Å². The molecule has 0 heterocycles. The summed E-state index contributed by atoms with van der Waals surface area (Å²) in [6.45, 7) is 9.92. The molecule has 0 aromatic heterocycles. The van der Waals surface area contributed by atoms with Crippen LogP contribution in [0.25, 0.3) is 0 Å². The zero-order chi connectivity index (χ0) is 10.8. The van der Waals surface area contributed by atoms with E-state index in [0.29, 0.717) is 12.0 Å². The van der Waals surface area contributed by atoms with Crippen molar-refractivity contribution in [2.24, 2.45) is 5.92 Å². The standard InChI is InChI=1S/C11H25NO2/c1-5-7-14-9-10(2)11(3)12-6-8-13-4/h10-12H,5-9H2,1-4H3. The van der Waals surface area contributed by atoms with Crippen LogP contribution in [0, 0.1) is 5.92 Å². The van der Waals surface area contributed by atoms with Gasteiger partial charge in [-0.15, -0.1) is 0 Å². The summed E-state index contributed by atoms with van der Waals surface area (Å²) < 4.78 is 10.5. The molecule has 0 saturated carbocycles. The average Bonchev–Trinajstić information content (AvgIpc) is 2.18. The fourth-order valence-electron chi connectivity index (χ4n) is 1.15. The molecule has 0 amide bonds. The highest BCUT2D eigenvalue weighted by atomic mass is 16.5. The first kappa shape index (κ1) is 13.9. The molecule has 0 radical (unpaired) electrons. The third-order valence-electron chi connectivity index (χ3n) is 2.36. The van der Waals surface area contributed by atoms with Crippen molar-refractivity contribution >= 4 is 0 Å². The normalized spacial score (nSPS) is 15.4. The Morgan fingerprint density at radius 1 is 1.21 bits per heavy atom. The zero-order valence-electron chi connectivity index (χ0n) is 10.0. The molecule has 3 nitrogen and oxygen atoms in total. The quantitative estimate of drug-likeness (QED) is 0.578. The fraction of sp³-hybridized carbons (Fsp3) is 1.00. The molecule has 0 aromatic carbocycles. The van der Waals surface area contributed by atoms with Gasteiger partial charge in [0.15, 0.2) is 0 Å². The van der Waals surface area contributed by atoms with Gasteiger partial charge in [-0.05, 0) is 19.3 Å². The topological polar surface area (TPSA) is 30.5 Å². The maximum Gasteiger partial charge on any atom is 0.0587 e. The van der Waals surface area contributed by atoms with E-state index in [1.165, 1.54) is 0 Å². The second kappa shape index (κ2) is 9.44. The molecule has 0 saturated heterocycles. The van der Waals surface area contributed by atoms with Crippen LogP contribution in [0.5, 0.6) is 0 Å². The minimum Gasteiger partial charge on any atom is -0.383 e. The van der Waals surface area contributed by atoms with Gasteiger partial charge >= 0.3 is 0 Å². The van der Waals surface area contributed by atoms with Gasteiger partial charge in [-0.3, -0.25) is 0 Å². The smallest absolute Gasteiger partial charge is 0.0587 e. The Morgan fingerprint density at radius 2 is 1.93 bits per heavy atom. The van der Waals surface area contributed by atoms with Crippen LogP contribution in [-0.4, -0.2) is 39.5 Å². The molecule has 0 spiro atoms. The van der Waals surface area contributed by atoms with Crippen LogP contribution < -0.4 is 5.32 Å². The Morgan fingerprint density at radius 3 is 2.50 bits per heavy atom. The molecule has 0 aliphatic heterocycles. The first-order valence-corrected chi connectivity index (χ1v) is 5.52. The number of rotatable bonds is 9. The Bertz CT molecular complexity index is 106. The summed E-state index contributed by atoms with van der Waals surface area (Å²) >= 11 is 0. The highest BCUT2D eigenvalue weighted by Gasteiger charge is 2.10. The fourth-order valence-corrected chi connectivity index (χ4v) is 1.15. The molecular formula is C11H25NO2. The summed E-state index contributed by atoms with van der Waals surface area (Å²) in [5, 5.41) is 3.41. The molecule has 3 heteroatoms. The second-order valence-electron chi connectivity index (χ2n) is 3.79. The monoisotopic (exact) mass is 203 g/mol. The number of methoxy groups -OCH3 is 1. The molecule has 2 atom stereocenters. The van der Waals surface area contributed by atoms with Crippen molar-refractivity contribution in [1.29, 1.82) is 0 Å². The largest absolute Gasteiger partial charge is 0.383 e. The molecule has 0 rings (SSSR count). The lowest BCUT2D eigenvalue weighted by Crippen LogP contribution is -2.36. The van der Waals surface area contributed by atoms with Crippen LogP contribution in [0.4, 0.5) is 0 Å². The average molecular weight is 203 g/mol. The molecular weight excluding hydrogens is 178 g/mol. The summed E-state index contributed by atoms with van der Waals surface area (Å²) in [6, 6.07) is 0.488. The van der Waals surface area contributed by atoms with E-state index in [-0.39, 0.29) is 0 Å². The molecule has 2 unspecified atom stereocenters. The van der Waals surface area contributed by atoms with Gasteiger partial charge in [0.2, 0.25) is 0 Å². The number of hydrogen-bond donors (Lipinski definition) is 1. The van der Waals surface area contributed by atoms with Gasteiger partial charge in [0, 0.05) is 26.3 Å². The van der Waals surface area contributed by atoms with Crippen LogP contribution >= 0.6 is 0 Å². The van der Waals surface area contributed by atoms with E-state index < -0.39 is 0 Å². The van der Waals surface area contributed by atoms with Crippen LogP contribution in [-0.2, 0) is 9.47 Å². The number of ether oxygens (including phenoxy) is 2. The summed E-state index contributed by atoms with van der Waals surface area (Å²) in [5.41, 5.74) is 0. The Hall–Kier alpha value is -0.120. The Balaban J connectivity index is 3.39. The van der Waals surface area contributed by atoms with Gasteiger partial charge in [0.1, 0.15) is 0 Å². The van der Waals surface area contributed by atoms with Crippen LogP contribution in [0.2, 0.25) is 0 Å². The molecule has 86 valence electrons. The van der Waals surface area contributed by atoms with Gasteiger partial charge in [-0.2, -0.15) is 0 Å². The van der Waals surface area contributed by atoms with E-state index in [1.54, 1.807) is 7.11 Å². The zero-order valence-corrected chi connectivity index (χ0v) is 10.0. The van der Waals surface area contributed by atoms with Crippen molar-refractivity contribution in [3.63, 3.8) is 0 Å². The third-order valence-corrected chi connectivity index (χ3v) is 2.36. The van der Waals surface area contributed by atoms with E-state index in [4.69, 9.17) is 9.47 Å². The van der Waals surface area contributed by atoms with Crippen molar-refractivity contribution in [2.45, 2.75) is 33.2 Å². The Labute approximate surface area is 88.2 Å². The van der Waals surface area contributed by atoms with E-state index in [9.17, 15) is 0 Å². The molecule has 0 aliphatic rings. The lowest BCUT2D eigenvalue weighted by Gasteiger charge is -2.21.